The molecule has 0 aromatic rings. The Morgan fingerprint density at radius 2 is 3.50 bits per heavy atom. The minimum absolute atomic E-state index is 0.949. The zero-order valence-corrected chi connectivity index (χ0v) is 2.67. The molecule has 0 spiro atoms. The van der Waals surface area contributed by atoms with Gasteiger partial charge in [-0.2, -0.15) is 0 Å². The molecule has 0 aliphatic heterocycles. The molecule has 0 fully saturated rings. The molecule has 2 heteroatoms. The van der Waals surface area contributed by atoms with E-state index in [1.807, 2.05) is 0 Å². The van der Waals surface area contributed by atoms with Gasteiger partial charge >= 0.3 is 0 Å². The molecule has 0 aliphatic rings. The van der Waals surface area contributed by atoms with E-state index in [1.165, 1.54) is 0 Å². The van der Waals surface area contributed by atoms with Gasteiger partial charge in [0.2, 0.25) is 0 Å². The van der Waals surface area contributed by atoms with Gasteiger partial charge in [-0.1, -0.05) is 16.6 Å². The average Bonchev–Trinajstić information content (AvgIpc) is 1.62. The molecule has 0 aromatic carbocycles. The highest BCUT2D eigenvalue weighted by Crippen LogP contribution is 1.84. The Balaban J connectivity index is 4.40. The fourth-order valence-electron chi connectivity index (χ4n) is 0. The average molecular weight is 83.2 g/mol. The van der Waals surface area contributed by atoms with E-state index < -0.39 is 22.8 Å². The predicted molar refractivity (Wildman–Crippen MR) is 23.3 cm³/mol. The van der Waals surface area contributed by atoms with Gasteiger partial charge in [-0.25, -0.2) is 0 Å². The van der Waals surface area contributed by atoms with Crippen molar-refractivity contribution in [1.82, 2.24) is 0 Å². The van der Waals surface area contributed by atoms with Crippen molar-refractivity contribution in [3.05, 3.63) is 0 Å². The summed E-state index contributed by atoms with van der Waals surface area (Å²) in [4.78, 5) is 0. The molecular formula is C2H6OS. The smallest absolute Gasteiger partial charge is 0.0626 e. The third-order valence-electron chi connectivity index (χ3n) is 0. The zero-order valence-electron chi connectivity index (χ0n) is 6.86. The molecule has 1 nitrogen and oxygen atoms in total. The summed E-state index contributed by atoms with van der Waals surface area (Å²) in [6.45, 7) is 0. The molecule has 0 amide bonds. The van der Waals surface area contributed by atoms with Gasteiger partial charge in [0.15, 0.2) is 0 Å². The van der Waals surface area contributed by atoms with E-state index in [-0.39, 0.29) is 0 Å². The molecule has 0 saturated carbocycles. The first kappa shape index (κ1) is 0.632. The lowest BCUT2D eigenvalue weighted by atomic mass is 11.9. The summed E-state index contributed by atoms with van der Waals surface area (Å²) in [6, 6.07) is 0. The normalized spacial score (nSPS) is 35.8. The first-order valence-corrected chi connectivity index (χ1v) is 1.77. The molecule has 0 radical (unpaired) electrons. The van der Waals surface area contributed by atoms with Crippen molar-refractivity contribution in [2.45, 2.75) is 0 Å². The second-order valence-electron chi connectivity index (χ2n) is 0.285. The van der Waals surface area contributed by atoms with Crippen molar-refractivity contribution in [2.75, 3.05) is 6.18 Å². The summed E-state index contributed by atoms with van der Waals surface area (Å²) in [5, 5.41) is 0. The van der Waals surface area contributed by atoms with Gasteiger partial charge in [-0.3, -0.25) is 0 Å². The molecule has 0 saturated heterocycles. The van der Waals surface area contributed by atoms with Gasteiger partial charge in [0, 0.05) is 10.3 Å². The topological polar surface area (TPSA) is 20.2 Å². The Bertz CT molecular complexity index is 132. The molecule has 0 heterocycles. The molecule has 0 aromatic heterocycles. The Hall–Kier alpha value is 0.180. The van der Waals surface area contributed by atoms with Crippen molar-refractivity contribution in [1.29, 1.82) is 0 Å². The van der Waals surface area contributed by atoms with Crippen molar-refractivity contribution in [2.24, 2.45) is 0 Å². The van der Waals surface area contributed by atoms with Crippen molar-refractivity contribution in [3.63, 3.8) is 0 Å². The Morgan fingerprint density at radius 3 is 3.50 bits per heavy atom. The molecule has 1 unspecified atom stereocenters. The van der Waals surface area contributed by atoms with Crippen LogP contribution in [0.4, 0.5) is 0 Å². The highest BCUT2D eigenvalue weighted by atomic mass is 32.2. The monoisotopic (exact) mass is 83.0 g/mol. The van der Waals surface area contributed by atoms with E-state index in [2.05, 4.69) is 0 Å². The lowest BCUT2D eigenvalue weighted by Gasteiger charge is -1.70. The zero-order chi connectivity index (χ0) is 7.65. The van der Waals surface area contributed by atoms with Crippen LogP contribution in [0, 0.1) is 0 Å². The van der Waals surface area contributed by atoms with E-state index in [0.717, 1.165) is 0 Å². The predicted octanol–water partition coefficient (Wildman–Crippen LogP) is 0.790. The van der Waals surface area contributed by atoms with Crippen molar-refractivity contribution in [3.8, 4) is 0 Å². The van der Waals surface area contributed by atoms with Gasteiger partial charge in [-0.05, 0) is 0 Å². The summed E-state index contributed by atoms with van der Waals surface area (Å²) in [6.07, 6.45) is -2.60. The van der Waals surface area contributed by atoms with Crippen LogP contribution < -0.4 is 0 Å². The van der Waals surface area contributed by atoms with E-state index in [0.29, 0.717) is 0 Å². The first-order valence-electron chi connectivity index (χ1n) is 3.09. The highest BCUT2D eigenvalue weighted by molar-refractivity contribution is 8.08. The fraction of sp³-hybridized carbons (Fsp3) is 0.500. The molecule has 0 rings (SSSR count). The maximum Gasteiger partial charge on any atom is 0.0626 e. The molecule has 1 atom stereocenters. The molecule has 1 N–H and O–H groups in total. The van der Waals surface area contributed by atoms with Gasteiger partial charge in [0.05, 0.1) is 2.74 Å². The largest absolute Gasteiger partial charge is 0.338 e. The number of rotatable bonds is 0. The summed E-state index contributed by atoms with van der Waals surface area (Å²) >= 11 is 0. The van der Waals surface area contributed by atoms with Crippen LogP contribution >= 0.6 is 10.8 Å². The maximum absolute atomic E-state index is 8.52. The van der Waals surface area contributed by atoms with Crippen LogP contribution in [0.25, 0.3) is 0 Å². The number of hydrogen-bond donors (Lipinski definition) is 1. The molecule has 4 heavy (non-hydrogen) atoms. The third-order valence-corrected chi connectivity index (χ3v) is 0. The van der Waals surface area contributed by atoms with E-state index in [1.54, 1.807) is 0 Å². The molecular weight excluding hydrogens is 72.1 g/mol. The van der Waals surface area contributed by atoms with E-state index in [9.17, 15) is 0 Å². The second-order valence-corrected chi connectivity index (χ2v) is 0.854. The van der Waals surface area contributed by atoms with Gasteiger partial charge in [0.1, 0.15) is 0 Å². The minimum Gasteiger partial charge on any atom is -0.338 e. The highest BCUT2D eigenvalue weighted by Gasteiger charge is 1.48. The molecule has 0 bridgehead atoms. The van der Waals surface area contributed by atoms with Crippen LogP contribution in [-0.4, -0.2) is 16.6 Å². The van der Waals surface area contributed by atoms with Crippen LogP contribution in [0.15, 0.2) is 0 Å². The van der Waals surface area contributed by atoms with Crippen LogP contribution in [0.2, 0.25) is 0 Å². The summed E-state index contributed by atoms with van der Waals surface area (Å²) in [5.41, 5.74) is 0. The van der Waals surface area contributed by atoms with Gasteiger partial charge < -0.3 is 4.55 Å². The van der Waals surface area contributed by atoms with Crippen LogP contribution in [-0.2, 0) is 0 Å². The van der Waals surface area contributed by atoms with Crippen molar-refractivity contribution >= 4 is 16.6 Å². The first-order chi connectivity index (χ1) is 3.85. The Kier molecular flexibility index (Phi) is 0.236. The quantitative estimate of drug-likeness (QED) is 0.429. The molecule has 0 aliphatic carbocycles. The van der Waals surface area contributed by atoms with Crippen LogP contribution in [0.3, 0.4) is 0 Å². The third kappa shape index (κ3) is 93.7. The van der Waals surface area contributed by atoms with Crippen molar-refractivity contribution < 1.29 is 11.4 Å². The van der Waals surface area contributed by atoms with Crippen LogP contribution in [0.1, 0.15) is 6.85 Å². The minimum atomic E-state index is -2.60. The Morgan fingerprint density at radius 1 is 2.75 bits per heavy atom. The summed E-state index contributed by atoms with van der Waals surface area (Å²) in [5.74, 6) is -0.949. The number of hydrogen-bond acceptors (Lipinski definition) is 1. The summed E-state index contributed by atoms with van der Waals surface area (Å²) < 4.78 is 40.9. The Labute approximate surface area is 35.4 Å². The lowest BCUT2D eigenvalue weighted by Crippen LogP contribution is -1.45. The maximum atomic E-state index is 8.52. The fourth-order valence-corrected chi connectivity index (χ4v) is 0. The second kappa shape index (κ2) is 1.49. The molecule has 26 valence electrons. The summed E-state index contributed by atoms with van der Waals surface area (Å²) in [7, 11) is -2.19. The SMILES string of the molecule is [2H]C([2H])=S(O)C([2H])([2H])[2H]. The standard InChI is InChI=1S/C2H6OS/c1-4(2)3/h3H,1H2,2H3/i1D2,2D3. The van der Waals surface area contributed by atoms with E-state index in [4.69, 9.17) is 11.4 Å². The van der Waals surface area contributed by atoms with Gasteiger partial charge in [-0.15, -0.1) is 0 Å². The van der Waals surface area contributed by atoms with E-state index >= 15 is 0 Å². The van der Waals surface area contributed by atoms with Gasteiger partial charge in [0.25, 0.3) is 0 Å². The lowest BCUT2D eigenvalue weighted by molar-refractivity contribution is 0.666. The van der Waals surface area contributed by atoms with Crippen LogP contribution in [0.5, 0.6) is 0 Å².